The minimum atomic E-state index is -0.343. The van der Waals surface area contributed by atoms with E-state index in [9.17, 15) is 9.59 Å². The second kappa shape index (κ2) is 9.67. The molecule has 1 atom stereocenters. The van der Waals surface area contributed by atoms with Gasteiger partial charge in [0, 0.05) is 19.0 Å². The van der Waals surface area contributed by atoms with E-state index in [-0.39, 0.29) is 16.9 Å². The number of thioether (sulfide) groups is 1. The lowest BCUT2D eigenvalue weighted by Crippen LogP contribution is -2.22. The first-order valence-electron chi connectivity index (χ1n) is 9.76. The minimum Gasteiger partial charge on any atom is -0.356 e. The number of hydrogen-bond acceptors (Lipinski definition) is 6. The molecule has 0 aliphatic carbocycles. The number of benzene rings is 2. The van der Waals surface area contributed by atoms with Crippen molar-refractivity contribution in [2.75, 3.05) is 6.54 Å². The van der Waals surface area contributed by atoms with Gasteiger partial charge in [-0.1, -0.05) is 54.2 Å². The van der Waals surface area contributed by atoms with Crippen molar-refractivity contribution in [1.29, 1.82) is 0 Å². The van der Waals surface area contributed by atoms with Gasteiger partial charge in [-0.15, -0.1) is 5.10 Å². The Labute approximate surface area is 180 Å². The van der Waals surface area contributed by atoms with Gasteiger partial charge in [0.05, 0.1) is 10.9 Å². The average molecular weight is 424 g/mol. The Hall–Kier alpha value is -3.00. The molecule has 0 unspecified atom stereocenters. The first kappa shape index (κ1) is 21.7. The summed E-state index contributed by atoms with van der Waals surface area (Å²) in [6, 6.07) is 13.5. The van der Waals surface area contributed by atoms with Crippen molar-refractivity contribution in [2.24, 2.45) is 0 Å². The van der Waals surface area contributed by atoms with Gasteiger partial charge in [-0.3, -0.25) is 9.59 Å². The van der Waals surface area contributed by atoms with Gasteiger partial charge in [0.15, 0.2) is 5.78 Å². The molecule has 3 aromatic rings. The van der Waals surface area contributed by atoms with Crippen LogP contribution in [-0.4, -0.2) is 43.7 Å². The van der Waals surface area contributed by atoms with Gasteiger partial charge in [0.25, 0.3) is 0 Å². The number of rotatable bonds is 8. The topological polar surface area (TPSA) is 89.8 Å². The van der Waals surface area contributed by atoms with Crippen LogP contribution in [0.15, 0.2) is 47.6 Å². The summed E-state index contributed by atoms with van der Waals surface area (Å²) >= 11 is 1.34. The lowest BCUT2D eigenvalue weighted by molar-refractivity contribution is -0.118. The Bertz CT molecular complexity index is 1030. The maximum Gasteiger partial charge on any atom is 0.216 e. The van der Waals surface area contributed by atoms with Gasteiger partial charge in [-0.05, 0) is 54.3 Å². The van der Waals surface area contributed by atoms with Crippen molar-refractivity contribution < 1.29 is 9.59 Å². The molecule has 1 aromatic heterocycles. The van der Waals surface area contributed by atoms with E-state index in [4.69, 9.17) is 0 Å². The Morgan fingerprint density at radius 3 is 2.40 bits per heavy atom. The third-order valence-corrected chi connectivity index (χ3v) is 5.80. The predicted octanol–water partition coefficient (Wildman–Crippen LogP) is 3.32. The number of carbonyl (C=O) groups is 2. The zero-order valence-corrected chi connectivity index (χ0v) is 18.4. The van der Waals surface area contributed by atoms with Crippen LogP contribution in [0.5, 0.6) is 0 Å². The van der Waals surface area contributed by atoms with Gasteiger partial charge in [0.2, 0.25) is 11.1 Å². The maximum absolute atomic E-state index is 12.9. The number of amides is 1. The van der Waals surface area contributed by atoms with Crippen LogP contribution in [-0.2, 0) is 11.2 Å². The number of aromatic nitrogens is 4. The molecule has 1 N–H and O–H groups in total. The lowest BCUT2D eigenvalue weighted by atomic mass is 10.0. The molecule has 0 spiro atoms. The van der Waals surface area contributed by atoms with E-state index in [1.165, 1.54) is 18.7 Å². The second-order valence-corrected chi connectivity index (χ2v) is 8.48. The zero-order valence-electron chi connectivity index (χ0n) is 17.5. The van der Waals surface area contributed by atoms with Crippen LogP contribution in [0.25, 0.3) is 5.69 Å². The summed E-state index contributed by atoms with van der Waals surface area (Å²) in [6.45, 7) is 7.97. The number of tetrazole rings is 1. The maximum atomic E-state index is 12.9. The van der Waals surface area contributed by atoms with Gasteiger partial charge in [0.1, 0.15) is 0 Å². The summed E-state index contributed by atoms with van der Waals surface area (Å²) in [5.74, 6) is -0.0275. The van der Waals surface area contributed by atoms with E-state index in [1.54, 1.807) is 4.68 Å². The number of nitrogens with zero attached hydrogens (tertiary/aromatic N) is 4. The quantitative estimate of drug-likeness (QED) is 0.442. The van der Waals surface area contributed by atoms with E-state index in [0.717, 1.165) is 28.8 Å². The summed E-state index contributed by atoms with van der Waals surface area (Å²) in [4.78, 5) is 23.9. The smallest absolute Gasteiger partial charge is 0.216 e. The number of para-hydroxylation sites is 1. The molecule has 0 fully saturated rings. The fourth-order valence-corrected chi connectivity index (χ4v) is 4.07. The molecular weight excluding hydrogens is 398 g/mol. The second-order valence-electron chi connectivity index (χ2n) is 7.17. The highest BCUT2D eigenvalue weighted by molar-refractivity contribution is 8.00. The van der Waals surface area contributed by atoms with E-state index in [2.05, 4.69) is 20.8 Å². The van der Waals surface area contributed by atoms with Crippen molar-refractivity contribution >= 4 is 23.5 Å². The van der Waals surface area contributed by atoms with Crippen molar-refractivity contribution in [2.45, 2.75) is 44.5 Å². The normalized spacial score (nSPS) is 11.9. The van der Waals surface area contributed by atoms with Gasteiger partial charge < -0.3 is 5.32 Å². The van der Waals surface area contributed by atoms with E-state index in [1.807, 2.05) is 63.2 Å². The van der Waals surface area contributed by atoms with Gasteiger partial charge in [-0.25, -0.2) is 0 Å². The number of hydrogen-bond donors (Lipinski definition) is 1. The summed E-state index contributed by atoms with van der Waals surface area (Å²) < 4.78 is 1.70. The Balaban J connectivity index is 1.70. The summed E-state index contributed by atoms with van der Waals surface area (Å²) in [7, 11) is 0. The Kier molecular flexibility index (Phi) is 6.99. The first-order chi connectivity index (χ1) is 14.4. The molecule has 1 amide bonds. The molecule has 0 aliphatic heterocycles. The number of carbonyl (C=O) groups excluding carboxylic acids is 2. The third kappa shape index (κ3) is 5.13. The van der Waals surface area contributed by atoms with E-state index >= 15 is 0 Å². The summed E-state index contributed by atoms with van der Waals surface area (Å²) in [5, 5.41) is 15.1. The fraction of sp³-hybridized carbons (Fsp3) is 0.318. The first-order valence-corrected chi connectivity index (χ1v) is 10.6. The molecule has 0 aliphatic rings. The molecule has 3 rings (SSSR count). The van der Waals surface area contributed by atoms with Crippen LogP contribution < -0.4 is 5.32 Å². The number of nitrogens with one attached hydrogen (secondary N) is 1. The van der Waals surface area contributed by atoms with Crippen molar-refractivity contribution in [3.63, 3.8) is 0 Å². The highest BCUT2D eigenvalue weighted by Crippen LogP contribution is 2.27. The highest BCUT2D eigenvalue weighted by Gasteiger charge is 2.21. The minimum absolute atomic E-state index is 0.0180. The fourth-order valence-electron chi connectivity index (χ4n) is 3.20. The zero-order chi connectivity index (χ0) is 21.7. The highest BCUT2D eigenvalue weighted by atomic mass is 32.2. The molecule has 7 nitrogen and oxygen atoms in total. The predicted molar refractivity (Wildman–Crippen MR) is 117 cm³/mol. The average Bonchev–Trinajstić information content (AvgIpc) is 3.15. The monoisotopic (exact) mass is 423 g/mol. The molecule has 30 heavy (non-hydrogen) atoms. The van der Waals surface area contributed by atoms with Crippen molar-refractivity contribution in [1.82, 2.24) is 25.5 Å². The van der Waals surface area contributed by atoms with E-state index < -0.39 is 0 Å². The standard InChI is InChI=1S/C22H25N5O2S/c1-14-6-5-7-15(2)20(14)27-22(24-25-26-27)30-16(3)21(29)19-10-8-18(9-11-19)12-13-23-17(4)28/h5-11,16H,12-13H2,1-4H3,(H,23,28)/t16-/m0/s1. The molecule has 156 valence electrons. The Morgan fingerprint density at radius 2 is 1.77 bits per heavy atom. The van der Waals surface area contributed by atoms with Crippen LogP contribution in [0.2, 0.25) is 0 Å². The molecular formula is C22H25N5O2S. The van der Waals surface area contributed by atoms with Crippen LogP contribution in [0.4, 0.5) is 0 Å². The van der Waals surface area contributed by atoms with Crippen LogP contribution in [0.3, 0.4) is 0 Å². The van der Waals surface area contributed by atoms with E-state index in [0.29, 0.717) is 17.3 Å². The molecule has 0 bridgehead atoms. The van der Waals surface area contributed by atoms with Gasteiger partial charge >= 0.3 is 0 Å². The number of aryl methyl sites for hydroxylation is 2. The summed E-state index contributed by atoms with van der Waals surface area (Å²) in [6.07, 6.45) is 0.725. The largest absolute Gasteiger partial charge is 0.356 e. The van der Waals surface area contributed by atoms with Crippen LogP contribution >= 0.6 is 11.8 Å². The molecule has 0 saturated carbocycles. The molecule has 8 heteroatoms. The lowest BCUT2D eigenvalue weighted by Gasteiger charge is -2.13. The molecule has 1 heterocycles. The van der Waals surface area contributed by atoms with Crippen molar-refractivity contribution in [3.05, 3.63) is 64.7 Å². The Morgan fingerprint density at radius 1 is 1.10 bits per heavy atom. The van der Waals surface area contributed by atoms with Crippen LogP contribution in [0, 0.1) is 13.8 Å². The number of Topliss-reactive ketones (excluding diaryl/α,β-unsaturated/α-hetero) is 1. The van der Waals surface area contributed by atoms with Gasteiger partial charge in [-0.2, -0.15) is 4.68 Å². The third-order valence-electron chi connectivity index (χ3n) is 4.77. The van der Waals surface area contributed by atoms with Crippen LogP contribution in [0.1, 0.15) is 40.9 Å². The summed E-state index contributed by atoms with van der Waals surface area (Å²) in [5.41, 5.74) is 4.79. The molecule has 0 radical (unpaired) electrons. The van der Waals surface area contributed by atoms with Crippen molar-refractivity contribution in [3.8, 4) is 5.69 Å². The number of ketones is 1. The molecule has 2 aromatic carbocycles. The SMILES string of the molecule is CC(=O)NCCc1ccc(C(=O)[C@H](C)Sc2nnnn2-c2c(C)cccc2C)cc1. The molecule has 0 saturated heterocycles.